The molecule has 1 amide bonds. The van der Waals surface area contributed by atoms with Crippen molar-refractivity contribution >= 4 is 21.6 Å². The fraction of sp³-hybridized carbons (Fsp3) is 0.611. The molecule has 1 aromatic rings. The second-order valence-corrected chi connectivity index (χ2v) is 8.55. The van der Waals surface area contributed by atoms with Crippen molar-refractivity contribution in [3.63, 3.8) is 0 Å². The highest BCUT2D eigenvalue weighted by atomic mass is 32.2. The lowest BCUT2D eigenvalue weighted by molar-refractivity contribution is -0.121. The van der Waals surface area contributed by atoms with Crippen molar-refractivity contribution in [2.24, 2.45) is 0 Å². The summed E-state index contributed by atoms with van der Waals surface area (Å²) in [5.74, 6) is -0.120. The predicted octanol–water partition coefficient (Wildman–Crippen LogP) is 1.76. The molecule has 1 heterocycles. The van der Waals surface area contributed by atoms with Crippen LogP contribution in [0.15, 0.2) is 29.2 Å². The lowest BCUT2D eigenvalue weighted by atomic mass is 10.2. The maximum Gasteiger partial charge on any atom is 0.243 e. The van der Waals surface area contributed by atoms with Crippen LogP contribution < -0.4 is 5.32 Å². The highest BCUT2D eigenvalue weighted by molar-refractivity contribution is 7.89. The molecule has 0 saturated carbocycles. The van der Waals surface area contributed by atoms with Gasteiger partial charge in [0.2, 0.25) is 15.9 Å². The van der Waals surface area contributed by atoms with Crippen molar-refractivity contribution in [3.05, 3.63) is 24.3 Å². The number of benzene rings is 1. The Morgan fingerprint density at radius 2 is 1.69 bits per heavy atom. The minimum absolute atomic E-state index is 0.108. The molecule has 1 fully saturated rings. The normalized spacial score (nSPS) is 21.7. The zero-order chi connectivity index (χ0) is 19.3. The van der Waals surface area contributed by atoms with Gasteiger partial charge in [-0.2, -0.15) is 4.31 Å². The van der Waals surface area contributed by atoms with Crippen molar-refractivity contribution in [2.75, 3.05) is 38.0 Å². The molecule has 2 atom stereocenters. The fourth-order valence-corrected chi connectivity index (χ4v) is 4.70. The topological polar surface area (TPSA) is 79.0 Å². The number of anilines is 1. The van der Waals surface area contributed by atoms with E-state index in [9.17, 15) is 13.2 Å². The van der Waals surface area contributed by atoms with Crippen molar-refractivity contribution in [1.29, 1.82) is 0 Å². The summed E-state index contributed by atoms with van der Waals surface area (Å²) >= 11 is 0. The lowest BCUT2D eigenvalue weighted by Crippen LogP contribution is -2.48. The summed E-state index contributed by atoms with van der Waals surface area (Å²) in [7, 11) is -3.48. The first-order chi connectivity index (χ1) is 12.3. The van der Waals surface area contributed by atoms with Crippen LogP contribution >= 0.6 is 0 Å². The molecule has 0 bridgehead atoms. The number of ether oxygens (including phenoxy) is 1. The summed E-state index contributed by atoms with van der Waals surface area (Å²) in [6.07, 6.45) is 0.215. The van der Waals surface area contributed by atoms with Crippen LogP contribution in [0.4, 0.5) is 5.69 Å². The van der Waals surface area contributed by atoms with Gasteiger partial charge in [-0.05, 0) is 38.1 Å². The van der Waals surface area contributed by atoms with Gasteiger partial charge in [-0.1, -0.05) is 13.8 Å². The molecule has 0 radical (unpaired) electrons. The molecule has 7 nitrogen and oxygen atoms in total. The average Bonchev–Trinajstić information content (AvgIpc) is 2.55. The van der Waals surface area contributed by atoms with Crippen LogP contribution in [0.25, 0.3) is 0 Å². The second kappa shape index (κ2) is 8.94. The number of amides is 1. The average molecular weight is 384 g/mol. The van der Waals surface area contributed by atoms with Gasteiger partial charge < -0.3 is 10.1 Å². The SMILES string of the molecule is CCN(CC)S(=O)(=O)c1ccc(NC(=O)CN2C[C@H](C)O[C@@H](C)C2)cc1. The summed E-state index contributed by atoms with van der Waals surface area (Å²) in [5, 5.41) is 2.82. The van der Waals surface area contributed by atoms with Crippen LogP contribution in [-0.2, 0) is 19.6 Å². The molecule has 1 N–H and O–H groups in total. The van der Waals surface area contributed by atoms with Gasteiger partial charge in [0.15, 0.2) is 0 Å². The summed E-state index contributed by atoms with van der Waals surface area (Å²) in [6.45, 7) is 10.2. The van der Waals surface area contributed by atoms with Crippen LogP contribution in [0.1, 0.15) is 27.7 Å². The minimum atomic E-state index is -3.48. The van der Waals surface area contributed by atoms with Crippen LogP contribution in [0, 0.1) is 0 Å². The lowest BCUT2D eigenvalue weighted by Gasteiger charge is -2.34. The van der Waals surface area contributed by atoms with Crippen molar-refractivity contribution in [3.8, 4) is 0 Å². The van der Waals surface area contributed by atoms with Crippen LogP contribution in [0.2, 0.25) is 0 Å². The molecule has 1 aliphatic heterocycles. The molecule has 8 heteroatoms. The minimum Gasteiger partial charge on any atom is -0.373 e. The number of hydrogen-bond acceptors (Lipinski definition) is 5. The first kappa shape index (κ1) is 20.8. The zero-order valence-electron chi connectivity index (χ0n) is 15.9. The number of nitrogens with zero attached hydrogens (tertiary/aromatic N) is 2. The molecule has 0 spiro atoms. The highest BCUT2D eigenvalue weighted by Gasteiger charge is 2.24. The van der Waals surface area contributed by atoms with E-state index in [-0.39, 0.29) is 29.6 Å². The summed E-state index contributed by atoms with van der Waals surface area (Å²) < 4.78 is 32.0. The summed E-state index contributed by atoms with van der Waals surface area (Å²) in [6, 6.07) is 6.31. The first-order valence-electron chi connectivity index (χ1n) is 9.04. The Morgan fingerprint density at radius 3 is 2.19 bits per heavy atom. The molecule has 1 aliphatic rings. The van der Waals surface area contributed by atoms with E-state index in [1.54, 1.807) is 12.1 Å². The maximum atomic E-state index is 12.5. The van der Waals surface area contributed by atoms with Gasteiger partial charge in [-0.15, -0.1) is 0 Å². The molecule has 146 valence electrons. The van der Waals surface area contributed by atoms with Gasteiger partial charge in [-0.3, -0.25) is 9.69 Å². The largest absolute Gasteiger partial charge is 0.373 e. The smallest absolute Gasteiger partial charge is 0.243 e. The van der Waals surface area contributed by atoms with E-state index in [1.807, 2.05) is 27.7 Å². The highest BCUT2D eigenvalue weighted by Crippen LogP contribution is 2.18. The monoisotopic (exact) mass is 383 g/mol. The molecular formula is C18H29N3O4S. The number of sulfonamides is 1. The van der Waals surface area contributed by atoms with Crippen LogP contribution in [-0.4, -0.2) is 68.5 Å². The molecule has 26 heavy (non-hydrogen) atoms. The van der Waals surface area contributed by atoms with Crippen LogP contribution in [0.5, 0.6) is 0 Å². The number of hydrogen-bond donors (Lipinski definition) is 1. The van der Waals surface area contributed by atoms with E-state index in [1.165, 1.54) is 16.4 Å². The molecular weight excluding hydrogens is 354 g/mol. The Balaban J connectivity index is 1.97. The van der Waals surface area contributed by atoms with E-state index >= 15 is 0 Å². The van der Waals surface area contributed by atoms with Gasteiger partial charge in [0.25, 0.3) is 0 Å². The molecule has 0 unspecified atom stereocenters. The van der Waals surface area contributed by atoms with Crippen molar-refractivity contribution in [1.82, 2.24) is 9.21 Å². The van der Waals surface area contributed by atoms with Gasteiger partial charge in [0.1, 0.15) is 0 Å². The van der Waals surface area contributed by atoms with Crippen molar-refractivity contribution < 1.29 is 17.9 Å². The predicted molar refractivity (Wildman–Crippen MR) is 102 cm³/mol. The number of morpholine rings is 1. The van der Waals surface area contributed by atoms with Gasteiger partial charge in [0.05, 0.1) is 23.6 Å². The number of carbonyl (C=O) groups excluding carboxylic acids is 1. The van der Waals surface area contributed by atoms with Gasteiger partial charge in [-0.25, -0.2) is 8.42 Å². The summed E-state index contributed by atoms with van der Waals surface area (Å²) in [5.41, 5.74) is 0.586. The Hall–Kier alpha value is -1.48. The maximum absolute atomic E-state index is 12.5. The summed E-state index contributed by atoms with van der Waals surface area (Å²) in [4.78, 5) is 14.6. The Bertz CT molecular complexity index is 692. The van der Waals surface area contributed by atoms with Gasteiger partial charge >= 0.3 is 0 Å². The van der Waals surface area contributed by atoms with E-state index in [0.717, 1.165) is 13.1 Å². The fourth-order valence-electron chi connectivity index (χ4n) is 3.24. The van der Waals surface area contributed by atoms with E-state index < -0.39 is 10.0 Å². The van der Waals surface area contributed by atoms with E-state index in [0.29, 0.717) is 18.8 Å². The molecule has 1 saturated heterocycles. The standard InChI is InChI=1S/C18H29N3O4S/c1-5-21(6-2)26(23,24)17-9-7-16(8-10-17)19-18(22)13-20-11-14(3)25-15(4)12-20/h7-10,14-15H,5-6,11-13H2,1-4H3,(H,19,22)/t14-,15-/m0/s1. The van der Waals surface area contributed by atoms with Crippen LogP contribution in [0.3, 0.4) is 0 Å². The first-order valence-corrected chi connectivity index (χ1v) is 10.5. The van der Waals surface area contributed by atoms with E-state index in [4.69, 9.17) is 4.74 Å². The second-order valence-electron chi connectivity index (χ2n) is 6.61. The Labute approximate surface area is 156 Å². The Kier molecular flexibility index (Phi) is 7.16. The third-order valence-corrected chi connectivity index (χ3v) is 6.41. The molecule has 2 rings (SSSR count). The molecule has 0 aromatic heterocycles. The number of nitrogens with one attached hydrogen (secondary N) is 1. The molecule has 1 aromatic carbocycles. The van der Waals surface area contributed by atoms with E-state index in [2.05, 4.69) is 10.2 Å². The number of rotatable bonds is 7. The van der Waals surface area contributed by atoms with Gasteiger partial charge in [0, 0.05) is 31.9 Å². The van der Waals surface area contributed by atoms with Crippen molar-refractivity contribution in [2.45, 2.75) is 44.8 Å². The quantitative estimate of drug-likeness (QED) is 0.776. The third-order valence-electron chi connectivity index (χ3n) is 4.34. The zero-order valence-corrected chi connectivity index (χ0v) is 16.8. The molecule has 0 aliphatic carbocycles. The number of carbonyl (C=O) groups is 1. The third kappa shape index (κ3) is 5.26. The Morgan fingerprint density at radius 1 is 1.15 bits per heavy atom.